The smallest absolute Gasteiger partial charge is 0.275 e. The lowest BCUT2D eigenvalue weighted by Gasteiger charge is -2.05. The molecule has 0 saturated carbocycles. The monoisotopic (exact) mass is 280 g/mol. The first-order valence-corrected chi connectivity index (χ1v) is 6.31. The lowest BCUT2D eigenvalue weighted by molar-refractivity contribution is 0.0952. The zero-order chi connectivity index (χ0) is 14.7. The van der Waals surface area contributed by atoms with Gasteiger partial charge in [-0.15, -0.1) is 0 Å². The van der Waals surface area contributed by atoms with E-state index in [4.69, 9.17) is 4.42 Å². The van der Waals surface area contributed by atoms with Gasteiger partial charge in [0.1, 0.15) is 5.75 Å². The second kappa shape index (κ2) is 5.50. The number of carbonyl (C=O) groups excluding carboxylic acids is 1. The van der Waals surface area contributed by atoms with E-state index in [0.29, 0.717) is 0 Å². The second-order valence-corrected chi connectivity index (χ2v) is 4.47. The highest BCUT2D eigenvalue weighted by Crippen LogP contribution is 2.24. The van der Waals surface area contributed by atoms with E-state index in [1.807, 2.05) is 24.3 Å². The summed E-state index contributed by atoms with van der Waals surface area (Å²) in [6, 6.07) is 12.4. The van der Waals surface area contributed by atoms with Gasteiger partial charge in [0.25, 0.3) is 5.91 Å². The lowest BCUT2D eigenvalue weighted by atomic mass is 10.1. The van der Waals surface area contributed by atoms with E-state index in [1.165, 1.54) is 18.7 Å². The number of carbonyl (C=O) groups is 1. The molecule has 0 unspecified atom stereocenters. The van der Waals surface area contributed by atoms with Crippen LogP contribution in [-0.2, 0) is 0 Å². The molecule has 0 aliphatic heterocycles. The summed E-state index contributed by atoms with van der Waals surface area (Å²) in [5.41, 5.74) is 3.28. The van der Waals surface area contributed by atoms with Crippen molar-refractivity contribution in [3.05, 3.63) is 66.1 Å². The largest absolute Gasteiger partial charge is 0.507 e. The summed E-state index contributed by atoms with van der Waals surface area (Å²) in [6.45, 7) is 0. The Hall–Kier alpha value is -3.08. The average Bonchev–Trinajstić information content (AvgIpc) is 2.99. The fraction of sp³-hybridized carbons (Fsp3) is 0. The summed E-state index contributed by atoms with van der Waals surface area (Å²) >= 11 is 0. The molecule has 0 spiro atoms. The maximum Gasteiger partial charge on any atom is 0.275 e. The van der Waals surface area contributed by atoms with Crippen molar-refractivity contribution in [1.29, 1.82) is 0 Å². The first kappa shape index (κ1) is 12.9. The molecule has 0 atom stereocenters. The van der Waals surface area contributed by atoms with Crippen molar-refractivity contribution in [3.8, 4) is 5.75 Å². The van der Waals surface area contributed by atoms with E-state index in [2.05, 4.69) is 10.5 Å². The third-order valence-corrected chi connectivity index (χ3v) is 3.03. The van der Waals surface area contributed by atoms with Crippen molar-refractivity contribution in [2.24, 2.45) is 5.10 Å². The number of phenolic OH excluding ortho intramolecular Hbond substituents is 1. The zero-order valence-corrected chi connectivity index (χ0v) is 11.0. The molecule has 1 aromatic heterocycles. The van der Waals surface area contributed by atoms with Gasteiger partial charge in [0.2, 0.25) is 0 Å². The number of nitrogens with zero attached hydrogens (tertiary/aromatic N) is 1. The Balaban J connectivity index is 1.82. The third-order valence-electron chi connectivity index (χ3n) is 3.03. The van der Waals surface area contributed by atoms with Crippen molar-refractivity contribution < 1.29 is 14.3 Å². The van der Waals surface area contributed by atoms with Crippen LogP contribution >= 0.6 is 0 Å². The van der Waals surface area contributed by atoms with Gasteiger partial charge < -0.3 is 9.52 Å². The number of hydrazone groups is 1. The Labute approximate surface area is 120 Å². The fourth-order valence-corrected chi connectivity index (χ4v) is 1.98. The molecule has 0 bridgehead atoms. The van der Waals surface area contributed by atoms with Crippen molar-refractivity contribution in [2.75, 3.05) is 0 Å². The van der Waals surface area contributed by atoms with Crippen LogP contribution in [0.5, 0.6) is 5.75 Å². The third kappa shape index (κ3) is 2.76. The van der Waals surface area contributed by atoms with Crippen molar-refractivity contribution >= 4 is 22.9 Å². The van der Waals surface area contributed by atoms with Crippen LogP contribution < -0.4 is 5.43 Å². The highest BCUT2D eigenvalue weighted by molar-refractivity contribution is 6.01. The van der Waals surface area contributed by atoms with Gasteiger partial charge in [0.05, 0.1) is 24.3 Å². The van der Waals surface area contributed by atoms with Crippen LogP contribution in [0.25, 0.3) is 10.8 Å². The number of furan rings is 1. The van der Waals surface area contributed by atoms with Gasteiger partial charge in [-0.1, -0.05) is 24.3 Å². The van der Waals surface area contributed by atoms with Gasteiger partial charge >= 0.3 is 0 Å². The molecule has 5 nitrogen and oxygen atoms in total. The fourth-order valence-electron chi connectivity index (χ4n) is 1.98. The van der Waals surface area contributed by atoms with E-state index < -0.39 is 5.91 Å². The summed E-state index contributed by atoms with van der Waals surface area (Å²) in [7, 11) is 0. The van der Waals surface area contributed by atoms with E-state index in [1.54, 1.807) is 18.2 Å². The van der Waals surface area contributed by atoms with Gasteiger partial charge in [0, 0.05) is 5.56 Å². The second-order valence-electron chi connectivity index (χ2n) is 4.47. The molecule has 5 heteroatoms. The van der Waals surface area contributed by atoms with E-state index in [9.17, 15) is 9.90 Å². The molecule has 0 fully saturated rings. The standard InChI is InChI=1S/C16H12N2O3/c19-15-8-13-4-2-1-3-12(13)7-14(15)16(20)18-17-9-11-5-6-21-10-11/h1-10,19H,(H,18,20). The summed E-state index contributed by atoms with van der Waals surface area (Å²) < 4.78 is 4.88. The van der Waals surface area contributed by atoms with Crippen LogP contribution in [0.15, 0.2) is 64.5 Å². The molecule has 104 valence electrons. The highest BCUT2D eigenvalue weighted by atomic mass is 16.3. The predicted octanol–water partition coefficient (Wildman–Crippen LogP) is 2.90. The Bertz CT molecular complexity index is 808. The molecule has 2 N–H and O–H groups in total. The summed E-state index contributed by atoms with van der Waals surface area (Å²) in [6.07, 6.45) is 4.47. The molecule has 21 heavy (non-hydrogen) atoms. The molecule has 0 saturated heterocycles. The molecule has 2 aromatic carbocycles. The minimum absolute atomic E-state index is 0.0790. The molecule has 3 aromatic rings. The molecule has 3 rings (SSSR count). The molecular weight excluding hydrogens is 268 g/mol. The van der Waals surface area contributed by atoms with Crippen LogP contribution in [0.2, 0.25) is 0 Å². The van der Waals surface area contributed by atoms with E-state index >= 15 is 0 Å². The van der Waals surface area contributed by atoms with E-state index in [0.717, 1.165) is 16.3 Å². The SMILES string of the molecule is O=C(NN=Cc1ccoc1)c1cc2ccccc2cc1O. The van der Waals surface area contributed by atoms with Crippen LogP contribution in [0.3, 0.4) is 0 Å². The molecular formula is C16H12N2O3. The van der Waals surface area contributed by atoms with Crippen LogP contribution in [0, 0.1) is 0 Å². The van der Waals surface area contributed by atoms with Crippen LogP contribution in [0.1, 0.15) is 15.9 Å². The van der Waals surface area contributed by atoms with Crippen molar-refractivity contribution in [1.82, 2.24) is 5.43 Å². The normalized spacial score (nSPS) is 11.0. The maximum absolute atomic E-state index is 12.0. The Morgan fingerprint density at radius 1 is 1.19 bits per heavy atom. The Morgan fingerprint density at radius 2 is 1.95 bits per heavy atom. The first-order chi connectivity index (χ1) is 10.2. The number of benzene rings is 2. The number of aromatic hydroxyl groups is 1. The Kier molecular flexibility index (Phi) is 3.39. The molecule has 1 heterocycles. The minimum Gasteiger partial charge on any atom is -0.507 e. The molecule has 0 radical (unpaired) electrons. The summed E-state index contributed by atoms with van der Waals surface area (Å²) in [5, 5.41) is 15.5. The number of rotatable bonds is 3. The summed E-state index contributed by atoms with van der Waals surface area (Å²) in [5.74, 6) is -0.553. The predicted molar refractivity (Wildman–Crippen MR) is 79.4 cm³/mol. The maximum atomic E-state index is 12.0. The number of hydrogen-bond donors (Lipinski definition) is 2. The van der Waals surface area contributed by atoms with E-state index in [-0.39, 0.29) is 11.3 Å². The molecule has 0 aliphatic carbocycles. The molecule has 1 amide bonds. The number of amides is 1. The topological polar surface area (TPSA) is 74.8 Å². The van der Waals surface area contributed by atoms with Crippen molar-refractivity contribution in [2.45, 2.75) is 0 Å². The van der Waals surface area contributed by atoms with Crippen LogP contribution in [0.4, 0.5) is 0 Å². The average molecular weight is 280 g/mol. The quantitative estimate of drug-likeness (QED) is 0.572. The number of fused-ring (bicyclic) bond motifs is 1. The van der Waals surface area contributed by atoms with Gasteiger partial charge in [-0.2, -0.15) is 5.10 Å². The first-order valence-electron chi connectivity index (χ1n) is 6.31. The number of nitrogens with one attached hydrogen (secondary N) is 1. The van der Waals surface area contributed by atoms with Gasteiger partial charge in [-0.3, -0.25) is 4.79 Å². The van der Waals surface area contributed by atoms with Gasteiger partial charge in [-0.25, -0.2) is 5.43 Å². The highest BCUT2D eigenvalue weighted by Gasteiger charge is 2.11. The summed E-state index contributed by atoms with van der Waals surface area (Å²) in [4.78, 5) is 12.0. The Morgan fingerprint density at radius 3 is 2.67 bits per heavy atom. The minimum atomic E-state index is -0.474. The molecule has 0 aliphatic rings. The van der Waals surface area contributed by atoms with Crippen molar-refractivity contribution in [3.63, 3.8) is 0 Å². The lowest BCUT2D eigenvalue weighted by Crippen LogP contribution is -2.17. The van der Waals surface area contributed by atoms with Gasteiger partial charge in [0.15, 0.2) is 0 Å². The van der Waals surface area contributed by atoms with Crippen LogP contribution in [-0.4, -0.2) is 17.2 Å². The van der Waals surface area contributed by atoms with Gasteiger partial charge in [-0.05, 0) is 29.0 Å². The number of phenols is 1. The zero-order valence-electron chi connectivity index (χ0n) is 11.0. The number of hydrogen-bond acceptors (Lipinski definition) is 4.